The van der Waals surface area contributed by atoms with E-state index in [-0.39, 0.29) is 22.7 Å². The van der Waals surface area contributed by atoms with E-state index in [4.69, 9.17) is 2.74 Å². The number of rotatable bonds is 1. The molecule has 2 nitrogen and oxygen atoms in total. The zero-order valence-electron chi connectivity index (χ0n) is 16.8. The van der Waals surface area contributed by atoms with E-state index in [0.717, 1.165) is 38.5 Å². The Labute approximate surface area is 143 Å². The van der Waals surface area contributed by atoms with E-state index >= 15 is 0 Å². The Kier molecular flexibility index (Phi) is 3.07. The molecule has 0 radical (unpaired) electrons. The fourth-order valence-corrected chi connectivity index (χ4v) is 6.82. The lowest BCUT2D eigenvalue weighted by molar-refractivity contribution is -0.127. The van der Waals surface area contributed by atoms with Gasteiger partial charge in [-0.25, -0.2) is 0 Å². The highest BCUT2D eigenvalue weighted by Crippen LogP contribution is 2.66. The number of aliphatic hydroxyl groups excluding tert-OH is 1. The maximum atomic E-state index is 12.3. The van der Waals surface area contributed by atoms with Crippen LogP contribution in [0, 0.1) is 34.5 Å². The monoisotopic (exact) mass is 320 g/mol. The van der Waals surface area contributed by atoms with Crippen LogP contribution in [0.15, 0.2) is 11.6 Å². The SMILES string of the molecule is [2H]C1([2H])C[C@H]2[C@@H]3CC=C4C[C@@H](O)CC[C@]4(C)[C@H]3CC[C@]2(C)[C@H]1[13C]([13CH3])=O. The highest BCUT2D eigenvalue weighted by Gasteiger charge is 2.59. The highest BCUT2D eigenvalue weighted by atomic mass is 16.3. The number of carbonyl (C=O) groups is 1. The van der Waals surface area contributed by atoms with E-state index in [9.17, 15) is 9.90 Å². The van der Waals surface area contributed by atoms with Crippen LogP contribution in [-0.2, 0) is 4.79 Å². The molecule has 0 saturated heterocycles. The lowest BCUT2D eigenvalue weighted by atomic mass is 9.47. The normalized spacial score (nSPS) is 55.7. The summed E-state index contributed by atoms with van der Waals surface area (Å²) in [7, 11) is 0. The van der Waals surface area contributed by atoms with Crippen molar-refractivity contribution < 1.29 is 12.6 Å². The zero-order chi connectivity index (χ0) is 18.2. The minimum atomic E-state index is -1.37. The second-order valence-corrected chi connectivity index (χ2v) is 9.15. The summed E-state index contributed by atoms with van der Waals surface area (Å²) in [5, 5.41) is 10.1. The van der Waals surface area contributed by atoms with Crippen LogP contribution < -0.4 is 0 Å². The lowest BCUT2D eigenvalue weighted by Gasteiger charge is -2.57. The van der Waals surface area contributed by atoms with Gasteiger partial charge in [0.05, 0.1) is 6.10 Å². The molecule has 1 N–H and O–H groups in total. The molecular weight excluding hydrogens is 286 g/mol. The van der Waals surface area contributed by atoms with Gasteiger partial charge in [-0.05, 0) is 86.8 Å². The molecule has 128 valence electrons. The number of aliphatic hydroxyl groups is 1. The largest absolute Gasteiger partial charge is 0.393 e. The Morgan fingerprint density at radius 3 is 2.78 bits per heavy atom. The molecular formula is C21H32O2. The summed E-state index contributed by atoms with van der Waals surface area (Å²) in [5.41, 5.74) is 1.43. The number of Topliss-reactive ketones (excluding diaryl/α,β-unsaturated/α-hetero) is 1. The van der Waals surface area contributed by atoms with Gasteiger partial charge in [0.2, 0.25) is 0 Å². The third-order valence-electron chi connectivity index (χ3n) is 8.12. The molecule has 0 amide bonds. The molecule has 4 aliphatic carbocycles. The van der Waals surface area contributed by atoms with Gasteiger partial charge in [0.25, 0.3) is 0 Å². The van der Waals surface area contributed by atoms with Crippen molar-refractivity contribution in [2.45, 2.75) is 78.2 Å². The van der Waals surface area contributed by atoms with Crippen LogP contribution in [0.3, 0.4) is 0 Å². The quantitative estimate of drug-likeness (QED) is 0.570. The van der Waals surface area contributed by atoms with Gasteiger partial charge in [-0.2, -0.15) is 0 Å². The van der Waals surface area contributed by atoms with Gasteiger partial charge in [0.1, 0.15) is 5.78 Å². The number of fused-ring (bicyclic) bond motifs is 5. The number of hydrogen-bond donors (Lipinski definition) is 1. The van der Waals surface area contributed by atoms with Gasteiger partial charge >= 0.3 is 0 Å². The summed E-state index contributed by atoms with van der Waals surface area (Å²) < 4.78 is 17.1. The molecule has 0 spiro atoms. The van der Waals surface area contributed by atoms with E-state index in [2.05, 4.69) is 19.9 Å². The molecule has 0 aromatic heterocycles. The summed E-state index contributed by atoms with van der Waals surface area (Å²) in [6.45, 7) is 6.16. The topological polar surface area (TPSA) is 37.3 Å². The maximum Gasteiger partial charge on any atom is 0.133 e. The summed E-state index contributed by atoms with van der Waals surface area (Å²) in [6, 6.07) is 0. The Morgan fingerprint density at radius 1 is 1.26 bits per heavy atom. The minimum absolute atomic E-state index is 0.0347. The first-order chi connectivity index (χ1) is 11.6. The third kappa shape index (κ3) is 2.13. The molecule has 3 fully saturated rings. The standard InChI is InChI=1S/C21H32O2/c1-13(22)17-6-7-18-16-5-4-14-12-15(23)8-10-20(14,2)19(16)9-11-21(17,18)3/h4,15-19,23H,5-12H2,1-3H3/t15-,16-,17+,18-,19-,20-,21+/m0/s1/i1+1,6D2,13+1. The van der Waals surface area contributed by atoms with Crippen molar-refractivity contribution in [2.24, 2.45) is 34.5 Å². The summed E-state index contributed by atoms with van der Waals surface area (Å²) in [4.78, 5) is 12.3. The first kappa shape index (κ1) is 13.6. The fraction of sp³-hybridized carbons (Fsp3) is 0.857. The van der Waals surface area contributed by atoms with Gasteiger partial charge in [-0.15, -0.1) is 0 Å². The van der Waals surface area contributed by atoms with Gasteiger partial charge in [0.15, 0.2) is 0 Å². The van der Waals surface area contributed by atoms with E-state index in [1.165, 1.54) is 5.57 Å². The molecule has 0 heterocycles. The van der Waals surface area contributed by atoms with Gasteiger partial charge in [-0.3, -0.25) is 4.79 Å². The molecule has 0 aliphatic heterocycles. The Hall–Kier alpha value is -0.630. The van der Waals surface area contributed by atoms with E-state index in [1.54, 1.807) is 6.92 Å². The smallest absolute Gasteiger partial charge is 0.133 e. The predicted molar refractivity (Wildman–Crippen MR) is 91.9 cm³/mol. The molecule has 0 unspecified atom stereocenters. The lowest BCUT2D eigenvalue weighted by Crippen LogP contribution is -2.50. The van der Waals surface area contributed by atoms with Crippen LogP contribution in [0.5, 0.6) is 0 Å². The second kappa shape index (κ2) is 5.18. The number of hydrogen-bond acceptors (Lipinski definition) is 2. The van der Waals surface area contributed by atoms with Crippen molar-refractivity contribution in [3.63, 3.8) is 0 Å². The number of allylic oxidation sites excluding steroid dienone is 1. The average molecular weight is 320 g/mol. The minimum Gasteiger partial charge on any atom is -0.393 e. The van der Waals surface area contributed by atoms with Gasteiger partial charge in [0, 0.05) is 8.66 Å². The summed E-state index contributed by atoms with van der Waals surface area (Å²) >= 11 is 0. The van der Waals surface area contributed by atoms with Crippen molar-refractivity contribution in [3.05, 3.63) is 11.6 Å². The maximum absolute atomic E-state index is 12.3. The number of carbonyl (C=O) groups excluding carboxylic acids is 1. The van der Waals surface area contributed by atoms with Crippen molar-refractivity contribution in [1.29, 1.82) is 0 Å². The van der Waals surface area contributed by atoms with Crippen molar-refractivity contribution >= 4 is 5.78 Å². The Bertz CT molecular complexity index is 627. The van der Waals surface area contributed by atoms with Gasteiger partial charge < -0.3 is 5.11 Å². The van der Waals surface area contributed by atoms with Crippen molar-refractivity contribution in [2.75, 3.05) is 0 Å². The van der Waals surface area contributed by atoms with Gasteiger partial charge in [-0.1, -0.05) is 25.5 Å². The van der Waals surface area contributed by atoms with Crippen LogP contribution in [0.2, 0.25) is 0 Å². The molecule has 0 bridgehead atoms. The molecule has 7 atom stereocenters. The first-order valence-corrected chi connectivity index (χ1v) is 9.47. The molecule has 23 heavy (non-hydrogen) atoms. The van der Waals surface area contributed by atoms with E-state index in [0.29, 0.717) is 24.2 Å². The molecule has 3 saturated carbocycles. The molecule has 4 rings (SSSR count). The van der Waals surface area contributed by atoms with Crippen molar-refractivity contribution in [1.82, 2.24) is 0 Å². The van der Waals surface area contributed by atoms with E-state index in [1.807, 2.05) is 0 Å². The fourth-order valence-electron chi connectivity index (χ4n) is 6.82. The Morgan fingerprint density at radius 2 is 2.04 bits per heavy atom. The molecule has 4 aliphatic rings. The van der Waals surface area contributed by atoms with Crippen molar-refractivity contribution in [3.8, 4) is 0 Å². The first-order valence-electron chi connectivity index (χ1n) is 10.5. The average Bonchev–Trinajstić information content (AvgIpc) is 2.73. The summed E-state index contributed by atoms with van der Waals surface area (Å²) in [5.74, 6) is 0.961. The summed E-state index contributed by atoms with van der Waals surface area (Å²) in [6.07, 6.45) is 7.17. The van der Waals surface area contributed by atoms with Crippen LogP contribution in [-0.4, -0.2) is 17.0 Å². The Balaban J connectivity index is 1.71. The van der Waals surface area contributed by atoms with Crippen LogP contribution in [0.4, 0.5) is 0 Å². The van der Waals surface area contributed by atoms with Crippen LogP contribution in [0.25, 0.3) is 0 Å². The zero-order valence-corrected chi connectivity index (χ0v) is 14.8. The third-order valence-corrected chi connectivity index (χ3v) is 8.12. The van der Waals surface area contributed by atoms with Crippen LogP contribution in [0.1, 0.15) is 74.8 Å². The second-order valence-electron chi connectivity index (χ2n) is 9.15. The van der Waals surface area contributed by atoms with E-state index < -0.39 is 12.3 Å². The molecule has 0 aromatic rings. The predicted octanol–water partition coefficient (Wildman–Crippen LogP) is 4.52. The highest BCUT2D eigenvalue weighted by molar-refractivity contribution is 5.79. The molecule has 0 aromatic carbocycles. The number of ketones is 1. The van der Waals surface area contributed by atoms with Crippen LogP contribution >= 0.6 is 0 Å². The molecule has 2 heteroatoms.